The molecule has 0 spiro atoms. The summed E-state index contributed by atoms with van der Waals surface area (Å²) in [4.78, 5) is 14.1. The first kappa shape index (κ1) is 12.7. The molecule has 0 bridgehead atoms. The molecule has 1 heterocycles. The van der Waals surface area contributed by atoms with Crippen LogP contribution in [0.4, 0.5) is 5.69 Å². The fourth-order valence-electron chi connectivity index (χ4n) is 2.03. The maximum absolute atomic E-state index is 12.3. The predicted octanol–water partition coefficient (Wildman–Crippen LogP) is 1.22. The second kappa shape index (κ2) is 4.86. The predicted molar refractivity (Wildman–Crippen MR) is 68.4 cm³/mol. The Balaban J connectivity index is 2.21. The first-order valence-corrected chi connectivity index (χ1v) is 6.00. The van der Waals surface area contributed by atoms with Gasteiger partial charge in [-0.1, -0.05) is 0 Å². The number of morpholine rings is 1. The van der Waals surface area contributed by atoms with Crippen LogP contribution >= 0.6 is 0 Å². The van der Waals surface area contributed by atoms with Crippen molar-refractivity contribution < 1.29 is 14.6 Å². The molecule has 0 aromatic heterocycles. The lowest BCUT2D eigenvalue weighted by atomic mass is 10.1. The normalized spacial score (nSPS) is 24.0. The highest BCUT2D eigenvalue weighted by atomic mass is 16.5. The van der Waals surface area contributed by atoms with Gasteiger partial charge in [-0.25, -0.2) is 0 Å². The summed E-state index contributed by atoms with van der Waals surface area (Å²) in [5.74, 6) is -0.164. The van der Waals surface area contributed by atoms with Gasteiger partial charge in [0.05, 0.1) is 24.4 Å². The average molecular weight is 250 g/mol. The molecule has 2 unspecified atom stereocenters. The number of nitrogens with zero attached hydrogens (tertiary/aromatic N) is 1. The smallest absolute Gasteiger partial charge is 0.254 e. The van der Waals surface area contributed by atoms with Crippen LogP contribution in [0.1, 0.15) is 24.2 Å². The molecule has 0 radical (unpaired) electrons. The molecule has 1 fully saturated rings. The average Bonchev–Trinajstić information content (AvgIpc) is 2.35. The van der Waals surface area contributed by atoms with Crippen molar-refractivity contribution in [3.63, 3.8) is 0 Å². The van der Waals surface area contributed by atoms with Crippen molar-refractivity contribution in [1.29, 1.82) is 0 Å². The molecule has 1 amide bonds. The van der Waals surface area contributed by atoms with E-state index in [4.69, 9.17) is 10.5 Å². The fraction of sp³-hybridized carbons (Fsp3) is 0.462. The molecule has 1 aliphatic heterocycles. The second-order valence-corrected chi connectivity index (χ2v) is 4.72. The Morgan fingerprint density at radius 2 is 2.22 bits per heavy atom. The maximum Gasteiger partial charge on any atom is 0.254 e. The molecule has 1 aromatic rings. The molecule has 1 aliphatic rings. The van der Waals surface area contributed by atoms with Crippen LogP contribution in [-0.2, 0) is 4.74 Å². The maximum atomic E-state index is 12.3. The van der Waals surface area contributed by atoms with Crippen LogP contribution in [0.5, 0.6) is 5.75 Å². The third-order valence-electron chi connectivity index (χ3n) is 3.15. The van der Waals surface area contributed by atoms with Gasteiger partial charge in [0.25, 0.3) is 5.91 Å². The Kier molecular flexibility index (Phi) is 3.43. The van der Waals surface area contributed by atoms with Crippen LogP contribution in [0.15, 0.2) is 18.2 Å². The van der Waals surface area contributed by atoms with Crippen LogP contribution in [0.2, 0.25) is 0 Å². The van der Waals surface area contributed by atoms with Gasteiger partial charge in [-0.05, 0) is 32.0 Å². The summed E-state index contributed by atoms with van der Waals surface area (Å²) < 4.78 is 5.49. The number of ether oxygens (including phenoxy) is 1. The number of hydrogen-bond acceptors (Lipinski definition) is 4. The molecule has 3 N–H and O–H groups in total. The first-order valence-electron chi connectivity index (χ1n) is 6.00. The number of rotatable bonds is 1. The van der Waals surface area contributed by atoms with E-state index in [1.807, 2.05) is 13.8 Å². The number of nitrogens with two attached hydrogens (primary N) is 1. The number of carbonyl (C=O) groups excluding carboxylic acids is 1. The van der Waals surface area contributed by atoms with E-state index in [2.05, 4.69) is 0 Å². The highest BCUT2D eigenvalue weighted by Gasteiger charge is 2.28. The number of anilines is 1. The number of hydrogen-bond donors (Lipinski definition) is 2. The quantitative estimate of drug-likeness (QED) is 0.580. The summed E-state index contributed by atoms with van der Waals surface area (Å²) in [5.41, 5.74) is 6.24. The van der Waals surface area contributed by atoms with Gasteiger partial charge >= 0.3 is 0 Å². The number of nitrogen functional groups attached to an aromatic ring is 1. The van der Waals surface area contributed by atoms with Crippen LogP contribution in [0.3, 0.4) is 0 Å². The van der Waals surface area contributed by atoms with Crippen molar-refractivity contribution in [2.24, 2.45) is 0 Å². The molecular formula is C13H18N2O3. The van der Waals surface area contributed by atoms with Gasteiger partial charge in [-0.15, -0.1) is 0 Å². The molecule has 5 nitrogen and oxygen atoms in total. The van der Waals surface area contributed by atoms with Crippen LogP contribution in [0.25, 0.3) is 0 Å². The lowest BCUT2D eigenvalue weighted by molar-refractivity contribution is -0.0387. The lowest BCUT2D eigenvalue weighted by Gasteiger charge is -2.36. The van der Waals surface area contributed by atoms with Crippen molar-refractivity contribution in [3.8, 4) is 5.75 Å². The zero-order valence-electron chi connectivity index (χ0n) is 10.6. The number of phenols is 1. The fourth-order valence-corrected chi connectivity index (χ4v) is 2.03. The van der Waals surface area contributed by atoms with E-state index in [0.717, 1.165) is 0 Å². The number of amides is 1. The molecule has 18 heavy (non-hydrogen) atoms. The lowest BCUT2D eigenvalue weighted by Crippen LogP contribution is -2.50. The number of benzene rings is 1. The minimum absolute atomic E-state index is 0.0347. The Hall–Kier alpha value is -1.75. The van der Waals surface area contributed by atoms with Crippen LogP contribution < -0.4 is 5.73 Å². The zero-order valence-corrected chi connectivity index (χ0v) is 10.6. The standard InChI is InChI=1S/C13H18N2O3/c1-8-7-18-9(2)6-15(8)13(17)10-3-4-11(14)12(16)5-10/h3-5,8-9,16H,6-7,14H2,1-2H3. The molecule has 98 valence electrons. The third-order valence-corrected chi connectivity index (χ3v) is 3.15. The van der Waals surface area contributed by atoms with E-state index in [-0.39, 0.29) is 29.5 Å². The molecule has 2 atom stereocenters. The number of phenolic OH excluding ortho intramolecular Hbond substituents is 1. The molecule has 2 rings (SSSR count). The minimum atomic E-state index is -0.104. The Bertz CT molecular complexity index is 462. The van der Waals surface area contributed by atoms with Gasteiger partial charge in [0.2, 0.25) is 0 Å². The molecule has 5 heteroatoms. The van der Waals surface area contributed by atoms with Crippen LogP contribution in [0, 0.1) is 0 Å². The monoisotopic (exact) mass is 250 g/mol. The summed E-state index contributed by atoms with van der Waals surface area (Å²) in [6, 6.07) is 4.61. The van der Waals surface area contributed by atoms with Crippen LogP contribution in [-0.4, -0.2) is 41.2 Å². The highest BCUT2D eigenvalue weighted by Crippen LogP contribution is 2.23. The van der Waals surface area contributed by atoms with E-state index in [1.165, 1.54) is 12.1 Å². The largest absolute Gasteiger partial charge is 0.506 e. The summed E-state index contributed by atoms with van der Waals surface area (Å²) in [6.07, 6.45) is 0.0347. The molecule has 1 saturated heterocycles. The van der Waals surface area contributed by atoms with Gasteiger partial charge in [0.1, 0.15) is 5.75 Å². The number of aromatic hydroxyl groups is 1. The number of carbonyl (C=O) groups is 1. The van der Waals surface area contributed by atoms with Crippen molar-refractivity contribution in [2.45, 2.75) is 26.0 Å². The van der Waals surface area contributed by atoms with E-state index in [9.17, 15) is 9.90 Å². The Morgan fingerprint density at radius 1 is 1.50 bits per heavy atom. The van der Waals surface area contributed by atoms with Gasteiger partial charge in [-0.2, -0.15) is 0 Å². The SMILES string of the molecule is CC1CN(C(=O)c2ccc(N)c(O)c2)C(C)CO1. The van der Waals surface area contributed by atoms with Gasteiger partial charge in [0, 0.05) is 12.1 Å². The summed E-state index contributed by atoms with van der Waals surface area (Å²) in [5, 5.41) is 9.54. The first-order chi connectivity index (χ1) is 8.49. The van der Waals surface area contributed by atoms with Gasteiger partial charge < -0.3 is 20.5 Å². The zero-order chi connectivity index (χ0) is 13.3. The third kappa shape index (κ3) is 2.41. The molecule has 1 aromatic carbocycles. The highest BCUT2D eigenvalue weighted by molar-refractivity contribution is 5.95. The van der Waals surface area contributed by atoms with E-state index < -0.39 is 0 Å². The molecule has 0 aliphatic carbocycles. The van der Waals surface area contributed by atoms with Gasteiger partial charge in [0.15, 0.2) is 0 Å². The van der Waals surface area contributed by atoms with Crippen molar-refractivity contribution in [2.75, 3.05) is 18.9 Å². The van der Waals surface area contributed by atoms with Crippen molar-refractivity contribution in [3.05, 3.63) is 23.8 Å². The topological polar surface area (TPSA) is 75.8 Å². The van der Waals surface area contributed by atoms with Crippen molar-refractivity contribution in [1.82, 2.24) is 4.90 Å². The van der Waals surface area contributed by atoms with E-state index >= 15 is 0 Å². The second-order valence-electron chi connectivity index (χ2n) is 4.72. The Labute approximate surface area is 106 Å². The summed E-state index contributed by atoms with van der Waals surface area (Å²) in [6.45, 7) is 4.98. The summed E-state index contributed by atoms with van der Waals surface area (Å²) in [7, 11) is 0. The Morgan fingerprint density at radius 3 is 2.89 bits per heavy atom. The van der Waals surface area contributed by atoms with Gasteiger partial charge in [-0.3, -0.25) is 4.79 Å². The van der Waals surface area contributed by atoms with Crippen molar-refractivity contribution >= 4 is 11.6 Å². The minimum Gasteiger partial charge on any atom is -0.506 e. The molecular weight excluding hydrogens is 232 g/mol. The molecule has 0 saturated carbocycles. The van der Waals surface area contributed by atoms with E-state index in [0.29, 0.717) is 18.7 Å². The van der Waals surface area contributed by atoms with E-state index in [1.54, 1.807) is 11.0 Å². The summed E-state index contributed by atoms with van der Waals surface area (Å²) >= 11 is 0.